The van der Waals surface area contributed by atoms with E-state index in [1.54, 1.807) is 27.7 Å². The molecule has 0 aliphatic carbocycles. The summed E-state index contributed by atoms with van der Waals surface area (Å²) in [4.78, 5) is -1.37. The topological polar surface area (TPSA) is 92.8 Å². The molecule has 0 saturated carbocycles. The number of benzene rings is 2. The summed E-state index contributed by atoms with van der Waals surface area (Å²) in [6, 6.07) is 4.58. The van der Waals surface area contributed by atoms with Crippen LogP contribution in [0.4, 0.5) is 18.9 Å². The number of ether oxygens (including phenoxy) is 1. The lowest BCUT2D eigenvalue weighted by molar-refractivity contribution is 0.243. The molecule has 0 aliphatic rings. The minimum Gasteiger partial charge on any atom is -0.489 e. The lowest BCUT2D eigenvalue weighted by Gasteiger charge is -2.21. The molecule has 1 N–H and O–H groups in total. The molecule has 0 saturated heterocycles. The van der Waals surface area contributed by atoms with Gasteiger partial charge in [0.05, 0.1) is 16.7 Å². The summed E-state index contributed by atoms with van der Waals surface area (Å²) in [6.07, 6.45) is -0.409. The molecule has 0 aromatic heterocycles. The van der Waals surface area contributed by atoms with Crippen LogP contribution < -0.4 is 9.46 Å². The highest BCUT2D eigenvalue weighted by molar-refractivity contribution is 7.92. The molecule has 172 valence electrons. The largest absolute Gasteiger partial charge is 0.489 e. The highest BCUT2D eigenvalue weighted by Gasteiger charge is 2.27. The Balaban J connectivity index is 2.61. The maximum absolute atomic E-state index is 14.1. The van der Waals surface area contributed by atoms with Crippen LogP contribution in [0.1, 0.15) is 27.7 Å². The molecule has 2 aromatic rings. The number of sulfonamides is 2. The van der Waals surface area contributed by atoms with Crippen molar-refractivity contribution >= 4 is 25.7 Å². The lowest BCUT2D eigenvalue weighted by atomic mass is 10.3. The second-order valence-corrected chi connectivity index (χ2v) is 10.3. The van der Waals surface area contributed by atoms with Crippen molar-refractivity contribution in [1.29, 1.82) is 0 Å². The fourth-order valence-electron chi connectivity index (χ4n) is 2.73. The molecule has 0 fully saturated rings. The monoisotopic (exact) mass is 480 g/mol. The smallest absolute Gasteiger partial charge is 0.265 e. The molecule has 0 bridgehead atoms. The summed E-state index contributed by atoms with van der Waals surface area (Å²) in [5, 5.41) is 0. The Kier molecular flexibility index (Phi) is 7.61. The molecule has 0 amide bonds. The van der Waals surface area contributed by atoms with E-state index in [0.717, 1.165) is 6.07 Å². The highest BCUT2D eigenvalue weighted by Crippen LogP contribution is 2.32. The second-order valence-electron chi connectivity index (χ2n) is 6.69. The van der Waals surface area contributed by atoms with Gasteiger partial charge in [0.1, 0.15) is 10.6 Å². The third-order valence-corrected chi connectivity index (χ3v) is 7.62. The number of hydrogen-bond acceptors (Lipinski definition) is 5. The van der Waals surface area contributed by atoms with Gasteiger partial charge in [-0.3, -0.25) is 4.72 Å². The van der Waals surface area contributed by atoms with Crippen molar-refractivity contribution in [2.24, 2.45) is 0 Å². The first kappa shape index (κ1) is 25.0. The molecule has 2 aromatic carbocycles. The number of nitrogens with zero attached hydrogens (tertiary/aromatic N) is 1. The van der Waals surface area contributed by atoms with Crippen LogP contribution in [0, 0.1) is 17.5 Å². The predicted octanol–water partition coefficient (Wildman–Crippen LogP) is 3.72. The standard InChI is InChI=1S/C19H23F3N2O5S2/c1-5-24(6-2)31(27,28)13-7-9-16(29-12(3)4)15(11-13)23-30(25,26)17-10-8-14(20)18(21)19(17)22/h7-12,23H,5-6H2,1-4H3. The second kappa shape index (κ2) is 9.45. The van der Waals surface area contributed by atoms with Crippen LogP contribution in [0.5, 0.6) is 5.75 Å². The van der Waals surface area contributed by atoms with E-state index >= 15 is 0 Å². The molecular weight excluding hydrogens is 457 g/mol. The molecule has 7 nitrogen and oxygen atoms in total. The van der Waals surface area contributed by atoms with Crippen molar-refractivity contribution in [2.45, 2.75) is 43.6 Å². The van der Waals surface area contributed by atoms with Crippen LogP contribution in [0.3, 0.4) is 0 Å². The maximum atomic E-state index is 14.1. The van der Waals surface area contributed by atoms with Crippen LogP contribution in [0.15, 0.2) is 40.1 Å². The lowest BCUT2D eigenvalue weighted by Crippen LogP contribution is -2.30. The Morgan fingerprint density at radius 3 is 2.13 bits per heavy atom. The van der Waals surface area contributed by atoms with E-state index in [4.69, 9.17) is 4.74 Å². The quantitative estimate of drug-likeness (QED) is 0.552. The maximum Gasteiger partial charge on any atom is 0.265 e. The average Bonchev–Trinajstić information content (AvgIpc) is 2.67. The van der Waals surface area contributed by atoms with Crippen LogP contribution in [-0.2, 0) is 20.0 Å². The van der Waals surface area contributed by atoms with Crippen LogP contribution in [0.2, 0.25) is 0 Å². The van der Waals surface area contributed by atoms with Crippen molar-refractivity contribution in [3.8, 4) is 5.75 Å². The van der Waals surface area contributed by atoms with Crippen molar-refractivity contribution in [3.63, 3.8) is 0 Å². The van der Waals surface area contributed by atoms with E-state index < -0.39 is 48.5 Å². The van der Waals surface area contributed by atoms with Gasteiger partial charge in [-0.2, -0.15) is 4.31 Å². The third-order valence-electron chi connectivity index (χ3n) is 4.19. The molecule has 0 heterocycles. The van der Waals surface area contributed by atoms with E-state index in [0.29, 0.717) is 12.1 Å². The van der Waals surface area contributed by atoms with Crippen molar-refractivity contribution in [2.75, 3.05) is 17.8 Å². The Labute approximate surface area is 179 Å². The van der Waals surface area contributed by atoms with Gasteiger partial charge < -0.3 is 4.74 Å². The zero-order valence-corrected chi connectivity index (χ0v) is 19.0. The fraction of sp³-hybridized carbons (Fsp3) is 0.368. The third kappa shape index (κ3) is 5.31. The Morgan fingerprint density at radius 1 is 0.968 bits per heavy atom. The summed E-state index contributed by atoms with van der Waals surface area (Å²) >= 11 is 0. The average molecular weight is 481 g/mol. The zero-order valence-electron chi connectivity index (χ0n) is 17.3. The van der Waals surface area contributed by atoms with Gasteiger partial charge in [-0.1, -0.05) is 13.8 Å². The van der Waals surface area contributed by atoms with Gasteiger partial charge in [0.25, 0.3) is 10.0 Å². The van der Waals surface area contributed by atoms with Gasteiger partial charge in [0.2, 0.25) is 10.0 Å². The van der Waals surface area contributed by atoms with E-state index in [1.807, 2.05) is 4.72 Å². The van der Waals surface area contributed by atoms with E-state index in [9.17, 15) is 30.0 Å². The van der Waals surface area contributed by atoms with Crippen LogP contribution >= 0.6 is 0 Å². The number of hydrogen-bond donors (Lipinski definition) is 1. The van der Waals surface area contributed by atoms with Crippen LogP contribution in [-0.4, -0.2) is 40.3 Å². The number of halogens is 3. The number of rotatable bonds is 9. The minimum absolute atomic E-state index is 0.0277. The van der Waals surface area contributed by atoms with Gasteiger partial charge >= 0.3 is 0 Å². The molecule has 0 aliphatic heterocycles. The van der Waals surface area contributed by atoms with Gasteiger partial charge in [-0.05, 0) is 44.2 Å². The number of anilines is 1. The summed E-state index contributed by atoms with van der Waals surface area (Å²) in [5.41, 5.74) is -0.300. The molecule has 0 radical (unpaired) electrons. The van der Waals surface area contributed by atoms with Gasteiger partial charge in [-0.25, -0.2) is 30.0 Å². The molecule has 2 rings (SSSR count). The minimum atomic E-state index is -4.76. The Morgan fingerprint density at radius 2 is 1.58 bits per heavy atom. The summed E-state index contributed by atoms with van der Waals surface area (Å²) < 4.78 is 100. The molecular formula is C19H23F3N2O5S2. The first-order valence-electron chi connectivity index (χ1n) is 9.32. The van der Waals surface area contributed by atoms with Crippen molar-refractivity contribution < 1.29 is 34.7 Å². The van der Waals surface area contributed by atoms with Crippen molar-refractivity contribution in [3.05, 3.63) is 47.8 Å². The van der Waals surface area contributed by atoms with Gasteiger partial charge in [-0.15, -0.1) is 0 Å². The van der Waals surface area contributed by atoms with E-state index in [2.05, 4.69) is 0 Å². The Bertz CT molecular complexity index is 1170. The first-order chi connectivity index (χ1) is 14.3. The van der Waals surface area contributed by atoms with E-state index in [-0.39, 0.29) is 29.4 Å². The molecule has 12 heteroatoms. The summed E-state index contributed by atoms with van der Waals surface area (Å²) in [6.45, 7) is 6.98. The zero-order chi connectivity index (χ0) is 23.6. The summed E-state index contributed by atoms with van der Waals surface area (Å²) in [5.74, 6) is -5.42. The van der Waals surface area contributed by atoms with E-state index in [1.165, 1.54) is 16.4 Å². The molecule has 31 heavy (non-hydrogen) atoms. The van der Waals surface area contributed by atoms with Crippen molar-refractivity contribution in [1.82, 2.24) is 4.31 Å². The molecule has 0 unspecified atom stereocenters. The van der Waals surface area contributed by atoms with Gasteiger partial charge in [0.15, 0.2) is 17.5 Å². The predicted molar refractivity (Wildman–Crippen MR) is 109 cm³/mol. The normalized spacial score (nSPS) is 12.4. The molecule has 0 atom stereocenters. The number of nitrogens with one attached hydrogen (secondary N) is 1. The highest BCUT2D eigenvalue weighted by atomic mass is 32.2. The first-order valence-corrected chi connectivity index (χ1v) is 12.2. The Hall–Kier alpha value is -2.31. The SMILES string of the molecule is CCN(CC)S(=O)(=O)c1ccc(OC(C)C)c(NS(=O)(=O)c2ccc(F)c(F)c2F)c1. The molecule has 0 spiro atoms. The van der Waals surface area contributed by atoms with Crippen LogP contribution in [0.25, 0.3) is 0 Å². The summed E-state index contributed by atoms with van der Waals surface area (Å²) in [7, 11) is -8.71. The fourth-order valence-corrected chi connectivity index (χ4v) is 5.35. The van der Waals surface area contributed by atoms with Gasteiger partial charge in [0, 0.05) is 13.1 Å².